The van der Waals surface area contributed by atoms with Crippen molar-refractivity contribution in [3.63, 3.8) is 0 Å². The van der Waals surface area contributed by atoms with Gasteiger partial charge in [0, 0.05) is 49.1 Å². The van der Waals surface area contributed by atoms with Gasteiger partial charge in [0.15, 0.2) is 0 Å². The zero-order valence-electron chi connectivity index (χ0n) is 14.8. The van der Waals surface area contributed by atoms with Crippen LogP contribution in [-0.2, 0) is 0 Å². The number of hydrogen-bond acceptors (Lipinski definition) is 8. The largest absolute Gasteiger partial charge is 0.337 e. The Bertz CT molecular complexity index is 1050. The Morgan fingerprint density at radius 2 is 1.85 bits per heavy atom. The van der Waals surface area contributed by atoms with Crippen LogP contribution in [0, 0.1) is 0 Å². The number of nitrogens with zero attached hydrogens (tertiary/aromatic N) is 7. The van der Waals surface area contributed by atoms with Crippen LogP contribution in [-0.4, -0.2) is 68.5 Å². The van der Waals surface area contributed by atoms with E-state index in [4.69, 9.17) is 0 Å². The van der Waals surface area contributed by atoms with Crippen LogP contribution >= 0.6 is 11.3 Å². The third-order valence-corrected chi connectivity index (χ3v) is 5.76. The van der Waals surface area contributed by atoms with Gasteiger partial charge in [-0.05, 0) is 7.05 Å². The fourth-order valence-electron chi connectivity index (χ4n) is 3.33. The molecule has 0 radical (unpaired) electrons. The van der Waals surface area contributed by atoms with Crippen LogP contribution in [0.2, 0.25) is 0 Å². The minimum Gasteiger partial charge on any atom is -0.337 e. The van der Waals surface area contributed by atoms with Crippen molar-refractivity contribution in [2.24, 2.45) is 0 Å². The van der Waals surface area contributed by atoms with Crippen LogP contribution in [0.3, 0.4) is 0 Å². The van der Waals surface area contributed by atoms with Crippen LogP contribution in [0.15, 0.2) is 36.2 Å². The van der Waals surface area contributed by atoms with Crippen LogP contribution in [0.1, 0.15) is 0 Å². The molecule has 0 saturated carbocycles. The predicted molar refractivity (Wildman–Crippen MR) is 106 cm³/mol. The van der Waals surface area contributed by atoms with Crippen molar-refractivity contribution in [2.45, 2.75) is 0 Å². The van der Waals surface area contributed by atoms with E-state index in [0.29, 0.717) is 5.95 Å². The first-order chi connectivity index (χ1) is 13.3. The molecule has 1 aliphatic rings. The minimum absolute atomic E-state index is 0.697. The van der Waals surface area contributed by atoms with Crippen molar-refractivity contribution in [1.29, 1.82) is 0 Å². The molecule has 8 nitrogen and oxygen atoms in total. The Hall–Kier alpha value is -2.91. The summed E-state index contributed by atoms with van der Waals surface area (Å²) in [5.74, 6) is 0.697. The summed E-state index contributed by atoms with van der Waals surface area (Å²) >= 11 is 1.60. The second-order valence-electron chi connectivity index (χ2n) is 6.61. The SMILES string of the molecule is CN1CCN(c2ncc(-c3ccc(-c4cn[nH]c4)c4ncsc34)nn2)CC1. The molecule has 136 valence electrons. The molecule has 1 fully saturated rings. The smallest absolute Gasteiger partial charge is 0.245 e. The van der Waals surface area contributed by atoms with Gasteiger partial charge in [-0.2, -0.15) is 5.10 Å². The molecule has 27 heavy (non-hydrogen) atoms. The van der Waals surface area contributed by atoms with E-state index in [-0.39, 0.29) is 0 Å². The van der Waals surface area contributed by atoms with E-state index in [0.717, 1.165) is 58.8 Å². The highest BCUT2D eigenvalue weighted by Crippen LogP contribution is 2.36. The zero-order valence-corrected chi connectivity index (χ0v) is 15.6. The highest BCUT2D eigenvalue weighted by Gasteiger charge is 2.18. The molecule has 3 aromatic heterocycles. The lowest BCUT2D eigenvalue weighted by Crippen LogP contribution is -2.45. The molecule has 1 saturated heterocycles. The van der Waals surface area contributed by atoms with Crippen LogP contribution in [0.4, 0.5) is 5.95 Å². The van der Waals surface area contributed by atoms with E-state index in [1.165, 1.54) is 0 Å². The fraction of sp³-hybridized carbons (Fsp3) is 0.278. The molecule has 1 aliphatic heterocycles. The average Bonchev–Trinajstić information content (AvgIpc) is 3.40. The number of aromatic nitrogens is 6. The van der Waals surface area contributed by atoms with Gasteiger partial charge in [0.2, 0.25) is 5.95 Å². The Morgan fingerprint density at radius 1 is 1.00 bits per heavy atom. The Morgan fingerprint density at radius 3 is 2.59 bits per heavy atom. The summed E-state index contributed by atoms with van der Waals surface area (Å²) in [4.78, 5) is 13.6. The van der Waals surface area contributed by atoms with E-state index in [9.17, 15) is 0 Å². The molecule has 0 spiro atoms. The topological polar surface area (TPSA) is 86.7 Å². The molecule has 4 aromatic rings. The number of likely N-dealkylation sites (N-methyl/N-ethyl adjacent to an activating group) is 1. The first-order valence-corrected chi connectivity index (χ1v) is 9.66. The highest BCUT2D eigenvalue weighted by atomic mass is 32.1. The predicted octanol–water partition coefficient (Wildman–Crippen LogP) is 2.29. The Kier molecular flexibility index (Phi) is 4.02. The summed E-state index contributed by atoms with van der Waals surface area (Å²) in [7, 11) is 2.13. The molecule has 0 amide bonds. The summed E-state index contributed by atoms with van der Waals surface area (Å²) in [6.07, 6.45) is 5.49. The number of nitrogens with one attached hydrogen (secondary N) is 1. The van der Waals surface area contributed by atoms with E-state index in [2.05, 4.69) is 59.3 Å². The molecular formula is C18H18N8S. The molecule has 9 heteroatoms. The van der Waals surface area contributed by atoms with Gasteiger partial charge in [-0.3, -0.25) is 5.10 Å². The van der Waals surface area contributed by atoms with Gasteiger partial charge in [-0.25, -0.2) is 9.97 Å². The number of fused-ring (bicyclic) bond motifs is 1. The average molecular weight is 378 g/mol. The number of aromatic amines is 1. The number of thiazole rings is 1. The Balaban J connectivity index is 1.49. The number of benzene rings is 1. The summed E-state index contributed by atoms with van der Waals surface area (Å²) in [6, 6.07) is 4.11. The lowest BCUT2D eigenvalue weighted by Gasteiger charge is -2.31. The molecule has 0 aliphatic carbocycles. The second-order valence-corrected chi connectivity index (χ2v) is 7.47. The maximum Gasteiger partial charge on any atom is 0.245 e. The van der Waals surface area contributed by atoms with Gasteiger partial charge in [-0.1, -0.05) is 12.1 Å². The first-order valence-electron chi connectivity index (χ1n) is 8.78. The lowest BCUT2D eigenvalue weighted by molar-refractivity contribution is 0.311. The van der Waals surface area contributed by atoms with Crippen molar-refractivity contribution >= 4 is 27.5 Å². The van der Waals surface area contributed by atoms with E-state index in [1.807, 2.05) is 17.9 Å². The summed E-state index contributed by atoms with van der Waals surface area (Å²) in [6.45, 7) is 3.89. The molecule has 1 aromatic carbocycles. The number of anilines is 1. The maximum absolute atomic E-state index is 4.57. The standard InChI is InChI=1S/C18H18N8S/c1-25-4-6-26(7-5-25)18-19-10-15(23-24-18)14-3-2-13(12-8-21-22-9-12)16-17(14)27-11-20-16/h2-3,8-11H,4-7H2,1H3,(H,21,22). The first kappa shape index (κ1) is 16.3. The molecule has 0 unspecified atom stereocenters. The molecule has 4 heterocycles. The minimum atomic E-state index is 0.697. The quantitative estimate of drug-likeness (QED) is 0.585. The van der Waals surface area contributed by atoms with Crippen molar-refractivity contribution in [3.05, 3.63) is 36.2 Å². The molecule has 0 bridgehead atoms. The van der Waals surface area contributed by atoms with Crippen molar-refractivity contribution in [1.82, 2.24) is 35.3 Å². The van der Waals surface area contributed by atoms with Gasteiger partial charge >= 0.3 is 0 Å². The lowest BCUT2D eigenvalue weighted by atomic mass is 10.0. The summed E-state index contributed by atoms with van der Waals surface area (Å²) in [5.41, 5.74) is 6.65. The number of piperazine rings is 1. The number of hydrogen-bond donors (Lipinski definition) is 1. The number of rotatable bonds is 3. The molecule has 1 N–H and O–H groups in total. The van der Waals surface area contributed by atoms with E-state index < -0.39 is 0 Å². The summed E-state index contributed by atoms with van der Waals surface area (Å²) in [5, 5.41) is 15.7. The van der Waals surface area contributed by atoms with Crippen molar-refractivity contribution < 1.29 is 0 Å². The van der Waals surface area contributed by atoms with Gasteiger partial charge in [0.1, 0.15) is 5.69 Å². The molecular weight excluding hydrogens is 360 g/mol. The van der Waals surface area contributed by atoms with Gasteiger partial charge in [-0.15, -0.1) is 21.5 Å². The fourth-order valence-corrected chi connectivity index (χ4v) is 4.16. The highest BCUT2D eigenvalue weighted by molar-refractivity contribution is 7.17. The number of H-pyrrole nitrogens is 1. The van der Waals surface area contributed by atoms with E-state index >= 15 is 0 Å². The Labute approximate surface area is 159 Å². The van der Waals surface area contributed by atoms with E-state index in [1.54, 1.807) is 17.5 Å². The third-order valence-electron chi connectivity index (χ3n) is 4.90. The second kappa shape index (κ2) is 6.67. The van der Waals surface area contributed by atoms with Gasteiger partial charge in [0.25, 0.3) is 0 Å². The zero-order chi connectivity index (χ0) is 18.2. The summed E-state index contributed by atoms with van der Waals surface area (Å²) < 4.78 is 1.08. The third kappa shape index (κ3) is 2.94. The van der Waals surface area contributed by atoms with Crippen LogP contribution in [0.5, 0.6) is 0 Å². The normalized spacial score (nSPS) is 15.5. The van der Waals surface area contributed by atoms with Gasteiger partial charge < -0.3 is 9.80 Å². The molecule has 0 atom stereocenters. The maximum atomic E-state index is 4.57. The van der Waals surface area contributed by atoms with Gasteiger partial charge in [0.05, 0.1) is 28.1 Å². The molecule has 5 rings (SSSR count). The van der Waals surface area contributed by atoms with Crippen LogP contribution < -0.4 is 4.90 Å². The monoisotopic (exact) mass is 378 g/mol. The van der Waals surface area contributed by atoms with Crippen molar-refractivity contribution in [2.75, 3.05) is 38.1 Å². The van der Waals surface area contributed by atoms with Crippen LogP contribution in [0.25, 0.3) is 32.6 Å². The van der Waals surface area contributed by atoms with Crippen molar-refractivity contribution in [3.8, 4) is 22.4 Å².